The predicted molar refractivity (Wildman–Crippen MR) is 142 cm³/mol. The first kappa shape index (κ1) is 26.1. The van der Waals surface area contributed by atoms with Crippen LogP contribution in [0.1, 0.15) is 11.4 Å². The van der Waals surface area contributed by atoms with E-state index >= 15 is 0 Å². The third-order valence-electron chi connectivity index (χ3n) is 5.28. The predicted octanol–water partition coefficient (Wildman–Crippen LogP) is 1.42. The summed E-state index contributed by atoms with van der Waals surface area (Å²) in [5.41, 5.74) is 7.75. The Bertz CT molecular complexity index is 1400. The molecule has 0 radical (unpaired) electrons. The number of β-lactam (4-membered cyclic amide) rings is 1. The molecule has 3 aromatic rings. The molecule has 0 saturated carbocycles. The van der Waals surface area contributed by atoms with Gasteiger partial charge in [-0.1, -0.05) is 58.6 Å². The lowest BCUT2D eigenvalue weighted by Crippen LogP contribution is -2.71. The lowest BCUT2D eigenvalue weighted by molar-refractivity contribution is -0.150. The molecule has 2 unspecified atom stereocenters. The van der Waals surface area contributed by atoms with Crippen LogP contribution in [0, 0.1) is 0 Å². The van der Waals surface area contributed by atoms with Crippen molar-refractivity contribution in [2.24, 2.45) is 5.16 Å². The van der Waals surface area contributed by atoms with Gasteiger partial charge in [0, 0.05) is 22.5 Å². The van der Waals surface area contributed by atoms with E-state index < -0.39 is 29.2 Å². The zero-order chi connectivity index (χ0) is 26.6. The third kappa shape index (κ3) is 5.64. The van der Waals surface area contributed by atoms with Crippen LogP contribution in [0.3, 0.4) is 0 Å². The number of thioether (sulfide) groups is 2. The molecule has 38 heavy (non-hydrogen) atoms. The molecule has 0 aliphatic carbocycles. The number of carbonyl (C=O) groups excluding carboxylic acids is 2. The van der Waals surface area contributed by atoms with Crippen LogP contribution >= 0.6 is 46.4 Å². The molecule has 1 aromatic carbocycles. The maximum absolute atomic E-state index is 13.2. The average Bonchev–Trinajstić information content (AvgIpc) is 3.60. The summed E-state index contributed by atoms with van der Waals surface area (Å²) in [7, 11) is 0. The second-order valence-electron chi connectivity index (χ2n) is 7.75. The van der Waals surface area contributed by atoms with Gasteiger partial charge in [-0.15, -0.1) is 22.0 Å². The van der Waals surface area contributed by atoms with Gasteiger partial charge in [0.2, 0.25) is 11.5 Å². The molecular formula is C21H18N8O5S4. The standard InChI is InChI=1S/C21H18N8O5S4/c22-20-25-15(28-38-20)13(27-34-7-10-4-2-1-3-5-10)16(30)24-14-17(31)29-12(19(32)33)6-11(37-18(14)29)8-35-21-26-23-9-36-21/h1-6,9,11,14,18H,7-8H2,(H,24,30)(H,32,33)(H2,22,25,28)/b27-13+/t11?,14?,18-/m1/s1. The number of nitrogen functional groups attached to an aromatic ring is 1. The number of amides is 2. The van der Waals surface area contributed by atoms with E-state index in [1.54, 1.807) is 11.6 Å². The Hall–Kier alpha value is -3.54. The number of carboxylic acid groups (broad SMARTS) is 1. The molecule has 4 heterocycles. The average molecular weight is 591 g/mol. The van der Waals surface area contributed by atoms with E-state index in [1.807, 2.05) is 30.3 Å². The highest BCUT2D eigenvalue weighted by Crippen LogP contribution is 2.42. The molecule has 1 saturated heterocycles. The minimum absolute atomic E-state index is 0.0459. The zero-order valence-electron chi connectivity index (χ0n) is 19.2. The van der Waals surface area contributed by atoms with Crippen molar-refractivity contribution in [1.29, 1.82) is 0 Å². The van der Waals surface area contributed by atoms with Crippen LogP contribution in [-0.2, 0) is 25.8 Å². The summed E-state index contributed by atoms with van der Waals surface area (Å²) in [5, 5.41) is 23.3. The van der Waals surface area contributed by atoms with Crippen molar-refractivity contribution in [2.75, 3.05) is 11.5 Å². The van der Waals surface area contributed by atoms with Gasteiger partial charge < -0.3 is 21.0 Å². The highest BCUT2D eigenvalue weighted by atomic mass is 32.2. The van der Waals surface area contributed by atoms with Gasteiger partial charge in [0.05, 0.1) is 0 Å². The summed E-state index contributed by atoms with van der Waals surface area (Å²) in [6.45, 7) is 0.0899. The van der Waals surface area contributed by atoms with Crippen LogP contribution in [0.25, 0.3) is 0 Å². The number of hydrogen-bond acceptors (Lipinski definition) is 14. The number of carboxylic acids is 1. The van der Waals surface area contributed by atoms with Crippen molar-refractivity contribution >= 4 is 75.0 Å². The number of aromatic nitrogens is 4. The van der Waals surface area contributed by atoms with Crippen LogP contribution in [-0.4, -0.2) is 75.5 Å². The van der Waals surface area contributed by atoms with E-state index in [0.29, 0.717) is 5.75 Å². The van der Waals surface area contributed by atoms with Crippen molar-refractivity contribution in [2.45, 2.75) is 27.6 Å². The summed E-state index contributed by atoms with van der Waals surface area (Å²) < 4.78 is 4.79. The lowest BCUT2D eigenvalue weighted by atomic mass is 10.0. The number of nitrogens with two attached hydrogens (primary N) is 1. The molecule has 17 heteroatoms. The largest absolute Gasteiger partial charge is 0.477 e. The molecular weight excluding hydrogens is 573 g/mol. The minimum Gasteiger partial charge on any atom is -0.477 e. The molecule has 2 aliphatic rings. The number of aliphatic carboxylic acids is 1. The summed E-state index contributed by atoms with van der Waals surface area (Å²) in [6.07, 6.45) is 1.54. The number of nitrogens with one attached hydrogen (secondary N) is 1. The van der Waals surface area contributed by atoms with Gasteiger partial charge >= 0.3 is 5.97 Å². The lowest BCUT2D eigenvalue weighted by Gasteiger charge is -2.49. The van der Waals surface area contributed by atoms with Gasteiger partial charge in [-0.25, -0.2) is 4.79 Å². The smallest absolute Gasteiger partial charge is 0.352 e. The number of hydrogen-bond donors (Lipinski definition) is 3. The van der Waals surface area contributed by atoms with Crippen molar-refractivity contribution < 1.29 is 24.3 Å². The van der Waals surface area contributed by atoms with Gasteiger partial charge in [-0.3, -0.25) is 14.5 Å². The van der Waals surface area contributed by atoms with E-state index in [-0.39, 0.29) is 34.2 Å². The van der Waals surface area contributed by atoms with Gasteiger partial charge in [-0.05, 0) is 11.6 Å². The number of nitrogens with zero attached hydrogens (tertiary/aromatic N) is 6. The second kappa shape index (κ2) is 11.5. The van der Waals surface area contributed by atoms with Gasteiger partial charge in [0.25, 0.3) is 11.8 Å². The van der Waals surface area contributed by atoms with Gasteiger partial charge in [-0.2, -0.15) is 9.36 Å². The van der Waals surface area contributed by atoms with Crippen molar-refractivity contribution in [3.05, 3.63) is 59.0 Å². The number of carbonyl (C=O) groups is 3. The first-order valence-electron chi connectivity index (χ1n) is 10.9. The normalized spacial score (nSPS) is 20.8. The molecule has 2 amide bonds. The Labute approximate surface area is 231 Å². The van der Waals surface area contributed by atoms with Gasteiger partial charge in [0.1, 0.15) is 29.2 Å². The van der Waals surface area contributed by atoms with E-state index in [4.69, 9.17) is 10.6 Å². The minimum atomic E-state index is -1.22. The van der Waals surface area contributed by atoms with Crippen molar-refractivity contribution in [3.8, 4) is 0 Å². The monoisotopic (exact) mass is 590 g/mol. The first-order chi connectivity index (χ1) is 18.4. The Kier molecular flexibility index (Phi) is 7.87. The molecule has 3 atom stereocenters. The van der Waals surface area contributed by atoms with Crippen molar-refractivity contribution in [3.63, 3.8) is 0 Å². The van der Waals surface area contributed by atoms with Crippen LogP contribution in [0.2, 0.25) is 0 Å². The van der Waals surface area contributed by atoms with Crippen LogP contribution in [0.15, 0.2) is 57.1 Å². The topological polar surface area (TPSA) is 186 Å². The second-order valence-corrected chi connectivity index (χ2v) is 12.0. The van der Waals surface area contributed by atoms with E-state index in [9.17, 15) is 19.5 Å². The third-order valence-corrected chi connectivity index (χ3v) is 9.42. The number of benzene rings is 1. The van der Waals surface area contributed by atoms with Crippen LogP contribution in [0.5, 0.6) is 0 Å². The van der Waals surface area contributed by atoms with E-state index in [2.05, 4.69) is 30.0 Å². The molecule has 0 bridgehead atoms. The summed E-state index contributed by atoms with van der Waals surface area (Å²) >= 11 is 5.07. The molecule has 5 rings (SSSR count). The quantitative estimate of drug-likeness (QED) is 0.134. The fraction of sp³-hybridized carbons (Fsp3) is 0.238. The molecule has 2 aliphatic heterocycles. The molecule has 4 N–H and O–H groups in total. The Morgan fingerprint density at radius 3 is 2.79 bits per heavy atom. The number of oxime groups is 1. The SMILES string of the molecule is Nc1nc(/C(=N\OCc2ccccc2)C(=O)NC2C(=O)N3C(C(=O)O)=CC(CSc4nncs4)S[C@H]23)ns1. The highest BCUT2D eigenvalue weighted by Gasteiger charge is 2.54. The number of anilines is 1. The van der Waals surface area contributed by atoms with Crippen molar-refractivity contribution in [1.82, 2.24) is 29.8 Å². The Balaban J connectivity index is 1.31. The van der Waals surface area contributed by atoms with E-state index in [0.717, 1.165) is 21.4 Å². The molecule has 0 spiro atoms. The number of rotatable bonds is 10. The Morgan fingerprint density at radius 2 is 2.11 bits per heavy atom. The summed E-state index contributed by atoms with van der Waals surface area (Å²) in [6, 6.07) is 8.23. The maximum atomic E-state index is 13.2. The summed E-state index contributed by atoms with van der Waals surface area (Å²) in [4.78, 5) is 48.6. The van der Waals surface area contributed by atoms with Crippen LogP contribution < -0.4 is 11.1 Å². The molecule has 2 aromatic heterocycles. The summed E-state index contributed by atoms with van der Waals surface area (Å²) in [5.74, 6) is -2.05. The van der Waals surface area contributed by atoms with E-state index in [1.165, 1.54) is 39.8 Å². The fourth-order valence-electron chi connectivity index (χ4n) is 3.58. The molecule has 1 fully saturated rings. The highest BCUT2D eigenvalue weighted by molar-refractivity contribution is 8.04. The van der Waals surface area contributed by atoms with Gasteiger partial charge in [0.15, 0.2) is 9.47 Å². The molecule has 13 nitrogen and oxygen atoms in total. The van der Waals surface area contributed by atoms with Crippen LogP contribution in [0.4, 0.5) is 5.13 Å². The Morgan fingerprint density at radius 1 is 1.29 bits per heavy atom. The molecule has 196 valence electrons. The number of fused-ring (bicyclic) bond motifs is 1. The first-order valence-corrected chi connectivity index (χ1v) is 14.5. The zero-order valence-corrected chi connectivity index (χ0v) is 22.4. The fourth-order valence-corrected chi connectivity index (χ4v) is 7.17. The maximum Gasteiger partial charge on any atom is 0.352 e.